The zero-order valence-corrected chi connectivity index (χ0v) is 16.2. The Kier molecular flexibility index (Phi) is 5.07. The van der Waals surface area contributed by atoms with Gasteiger partial charge < -0.3 is 5.11 Å². The number of carbonyl (C=O) groups is 1. The zero-order valence-electron chi connectivity index (χ0n) is 16.2. The van der Waals surface area contributed by atoms with Crippen LogP contribution in [0.4, 0.5) is 13.2 Å². The number of hydrogen-bond donors (Lipinski definition) is 1. The average Bonchev–Trinajstić information content (AvgIpc) is 2.71. The van der Waals surface area contributed by atoms with Gasteiger partial charge in [0.2, 0.25) is 0 Å². The van der Waals surface area contributed by atoms with Gasteiger partial charge in [-0.15, -0.1) is 0 Å². The molecule has 7 heteroatoms. The Morgan fingerprint density at radius 1 is 1.13 bits per heavy atom. The van der Waals surface area contributed by atoms with Crippen LogP contribution in [0.2, 0.25) is 0 Å². The summed E-state index contributed by atoms with van der Waals surface area (Å²) in [7, 11) is 0. The largest absolute Gasteiger partial charge is 0.478 e. The highest BCUT2D eigenvalue weighted by atomic mass is 19.4. The maximum atomic E-state index is 13.5. The Morgan fingerprint density at radius 3 is 2.53 bits per heavy atom. The molecule has 1 aliphatic rings. The molecule has 3 aromatic rings. The lowest BCUT2D eigenvalue weighted by Crippen LogP contribution is -2.31. The van der Waals surface area contributed by atoms with Crippen LogP contribution in [0.5, 0.6) is 0 Å². The minimum absolute atomic E-state index is 0.0377. The van der Waals surface area contributed by atoms with E-state index in [1.54, 1.807) is 30.3 Å². The fourth-order valence-corrected chi connectivity index (χ4v) is 3.92. The molecular formula is C23H19F3N2O2. The second-order valence-corrected chi connectivity index (χ2v) is 7.19. The van der Waals surface area contributed by atoms with E-state index in [0.717, 1.165) is 6.07 Å². The van der Waals surface area contributed by atoms with Crippen molar-refractivity contribution in [3.05, 3.63) is 76.5 Å². The molecular weight excluding hydrogens is 393 g/mol. The predicted molar refractivity (Wildman–Crippen MR) is 109 cm³/mol. The number of carboxylic acids is 1. The van der Waals surface area contributed by atoms with Gasteiger partial charge in [0.05, 0.1) is 22.3 Å². The Balaban J connectivity index is 2.00. The molecule has 0 unspecified atom stereocenters. The molecule has 0 saturated carbocycles. The molecule has 1 N–H and O–H groups in total. The lowest BCUT2D eigenvalue weighted by Gasteiger charge is -2.30. The highest BCUT2D eigenvalue weighted by Gasteiger charge is 2.33. The van der Waals surface area contributed by atoms with Gasteiger partial charge in [0, 0.05) is 24.0 Å². The third-order valence-corrected chi connectivity index (χ3v) is 5.33. The molecule has 154 valence electrons. The van der Waals surface area contributed by atoms with Gasteiger partial charge in [-0.25, -0.2) is 9.78 Å². The van der Waals surface area contributed by atoms with Crippen LogP contribution in [0.3, 0.4) is 0 Å². The maximum Gasteiger partial charge on any atom is 0.416 e. The fourth-order valence-electron chi connectivity index (χ4n) is 3.92. The standard InChI is InChI=1S/C23H19F3N2O2/c1-2-28-12-15(11-14-7-3-5-9-18(14)23(24,25)26)21-17(13-28)20(22(29)30)16-8-4-6-10-19(16)27-21/h3-11H,2,12-13H2,1H3,(H,29,30). The van der Waals surface area contributed by atoms with Crippen molar-refractivity contribution < 1.29 is 23.1 Å². The lowest BCUT2D eigenvalue weighted by molar-refractivity contribution is -0.137. The molecule has 0 saturated heterocycles. The van der Waals surface area contributed by atoms with Gasteiger partial charge in [0.25, 0.3) is 0 Å². The molecule has 0 radical (unpaired) electrons. The summed E-state index contributed by atoms with van der Waals surface area (Å²) >= 11 is 0. The molecule has 30 heavy (non-hydrogen) atoms. The number of hydrogen-bond acceptors (Lipinski definition) is 3. The molecule has 4 nitrogen and oxygen atoms in total. The van der Waals surface area contributed by atoms with Crippen LogP contribution >= 0.6 is 0 Å². The molecule has 2 heterocycles. The van der Waals surface area contributed by atoms with Crippen molar-refractivity contribution in [2.75, 3.05) is 13.1 Å². The second kappa shape index (κ2) is 7.57. The van der Waals surface area contributed by atoms with Crippen LogP contribution in [0, 0.1) is 0 Å². The molecule has 1 aliphatic heterocycles. The van der Waals surface area contributed by atoms with E-state index in [-0.39, 0.29) is 11.1 Å². The molecule has 0 spiro atoms. The summed E-state index contributed by atoms with van der Waals surface area (Å²) in [6, 6.07) is 12.3. The van der Waals surface area contributed by atoms with Crippen LogP contribution in [0.15, 0.2) is 48.5 Å². The van der Waals surface area contributed by atoms with E-state index < -0.39 is 17.7 Å². The molecule has 0 bridgehead atoms. The quantitative estimate of drug-likeness (QED) is 0.632. The summed E-state index contributed by atoms with van der Waals surface area (Å²) in [5.41, 5.74) is 1.53. The number of carboxylic acid groups (broad SMARTS) is 1. The van der Waals surface area contributed by atoms with Crippen LogP contribution < -0.4 is 0 Å². The van der Waals surface area contributed by atoms with Crippen LogP contribution in [0.1, 0.15) is 39.7 Å². The van der Waals surface area contributed by atoms with Crippen molar-refractivity contribution in [2.24, 2.45) is 0 Å². The van der Waals surface area contributed by atoms with Gasteiger partial charge in [0.15, 0.2) is 0 Å². The Morgan fingerprint density at radius 2 is 1.83 bits per heavy atom. The van der Waals surface area contributed by atoms with Crippen molar-refractivity contribution >= 4 is 28.5 Å². The molecule has 2 aromatic carbocycles. The summed E-state index contributed by atoms with van der Waals surface area (Å²) in [6.07, 6.45) is -3.00. The number of pyridine rings is 1. The van der Waals surface area contributed by atoms with Crippen molar-refractivity contribution in [2.45, 2.75) is 19.6 Å². The Hall–Kier alpha value is -3.19. The van der Waals surface area contributed by atoms with E-state index in [1.165, 1.54) is 18.2 Å². The molecule has 1 aromatic heterocycles. The second-order valence-electron chi connectivity index (χ2n) is 7.19. The normalized spacial score (nSPS) is 16.1. The predicted octanol–water partition coefficient (Wildman–Crippen LogP) is 5.33. The Labute approximate surface area is 171 Å². The SMILES string of the molecule is CCN1CC(=Cc2ccccc2C(F)(F)F)c2nc3ccccc3c(C(=O)O)c2C1. The molecule has 0 amide bonds. The number of benzene rings is 2. The molecule has 0 atom stereocenters. The van der Waals surface area contributed by atoms with Gasteiger partial charge in [-0.3, -0.25) is 4.90 Å². The number of nitrogens with zero attached hydrogens (tertiary/aromatic N) is 2. The number of aromatic carboxylic acids is 1. The minimum atomic E-state index is -4.49. The van der Waals surface area contributed by atoms with E-state index in [1.807, 2.05) is 11.8 Å². The topological polar surface area (TPSA) is 53.4 Å². The summed E-state index contributed by atoms with van der Waals surface area (Å²) in [6.45, 7) is 3.33. The third kappa shape index (κ3) is 3.57. The first-order valence-corrected chi connectivity index (χ1v) is 9.54. The highest BCUT2D eigenvalue weighted by molar-refractivity contribution is 6.06. The van der Waals surface area contributed by atoms with E-state index in [0.29, 0.717) is 47.4 Å². The first-order valence-electron chi connectivity index (χ1n) is 9.54. The first-order chi connectivity index (χ1) is 14.3. The van der Waals surface area contributed by atoms with E-state index in [2.05, 4.69) is 4.98 Å². The van der Waals surface area contributed by atoms with Gasteiger partial charge in [-0.05, 0) is 35.9 Å². The van der Waals surface area contributed by atoms with E-state index >= 15 is 0 Å². The monoisotopic (exact) mass is 412 g/mol. The number of halogens is 3. The van der Waals surface area contributed by atoms with Gasteiger partial charge in [0.1, 0.15) is 0 Å². The summed E-state index contributed by atoms with van der Waals surface area (Å²) in [5, 5.41) is 10.4. The smallest absolute Gasteiger partial charge is 0.416 e. The molecule has 4 rings (SSSR count). The summed E-state index contributed by atoms with van der Waals surface area (Å²) in [4.78, 5) is 18.8. The number of rotatable bonds is 3. The number of likely N-dealkylation sites (N-methyl/N-ethyl adjacent to an activating group) is 1. The van der Waals surface area contributed by atoms with Crippen molar-refractivity contribution in [1.82, 2.24) is 9.88 Å². The summed E-state index contributed by atoms with van der Waals surface area (Å²) < 4.78 is 40.5. The average molecular weight is 412 g/mol. The number of fused-ring (bicyclic) bond motifs is 2. The highest BCUT2D eigenvalue weighted by Crippen LogP contribution is 2.37. The van der Waals surface area contributed by atoms with E-state index in [9.17, 15) is 23.1 Å². The first kappa shape index (κ1) is 20.1. The van der Waals surface area contributed by atoms with Crippen LogP contribution in [-0.4, -0.2) is 34.0 Å². The Bertz CT molecular complexity index is 1170. The lowest BCUT2D eigenvalue weighted by atomic mass is 9.91. The fraction of sp³-hybridized carbons (Fsp3) is 0.217. The van der Waals surface area contributed by atoms with Crippen molar-refractivity contribution in [3.63, 3.8) is 0 Å². The number of aromatic nitrogens is 1. The molecule has 0 fully saturated rings. The van der Waals surface area contributed by atoms with Gasteiger partial charge in [-0.2, -0.15) is 13.2 Å². The minimum Gasteiger partial charge on any atom is -0.478 e. The number of para-hydroxylation sites is 1. The number of alkyl halides is 3. The van der Waals surface area contributed by atoms with Crippen molar-refractivity contribution in [1.29, 1.82) is 0 Å². The van der Waals surface area contributed by atoms with E-state index in [4.69, 9.17) is 0 Å². The van der Waals surface area contributed by atoms with Crippen molar-refractivity contribution in [3.8, 4) is 0 Å². The maximum absolute atomic E-state index is 13.5. The summed E-state index contributed by atoms with van der Waals surface area (Å²) in [5.74, 6) is -1.07. The third-order valence-electron chi connectivity index (χ3n) is 5.33. The van der Waals surface area contributed by atoms with Gasteiger partial charge >= 0.3 is 12.1 Å². The molecule has 0 aliphatic carbocycles. The van der Waals surface area contributed by atoms with Crippen LogP contribution in [-0.2, 0) is 12.7 Å². The van der Waals surface area contributed by atoms with Gasteiger partial charge in [-0.1, -0.05) is 43.3 Å². The zero-order chi connectivity index (χ0) is 21.5. The van der Waals surface area contributed by atoms with Crippen LogP contribution in [0.25, 0.3) is 22.6 Å².